The van der Waals surface area contributed by atoms with E-state index in [9.17, 15) is 0 Å². The van der Waals surface area contributed by atoms with E-state index in [1.165, 1.54) is 29.7 Å². The van der Waals surface area contributed by atoms with Crippen LogP contribution in [0.4, 0.5) is 0 Å². The molecule has 2 aliphatic rings. The number of hydrazine groups is 1. The maximum atomic E-state index is 6.03. The van der Waals surface area contributed by atoms with E-state index in [0.717, 1.165) is 32.8 Å². The van der Waals surface area contributed by atoms with E-state index in [-0.39, 0.29) is 6.10 Å². The van der Waals surface area contributed by atoms with Crippen molar-refractivity contribution >= 4 is 0 Å². The second-order valence-electron chi connectivity index (χ2n) is 7.11. The van der Waals surface area contributed by atoms with Gasteiger partial charge in [-0.1, -0.05) is 60.7 Å². The van der Waals surface area contributed by atoms with Crippen molar-refractivity contribution in [1.82, 2.24) is 15.3 Å². The van der Waals surface area contributed by atoms with Crippen LogP contribution in [0.1, 0.15) is 30.4 Å². The first-order chi connectivity index (χ1) is 12.9. The minimum atomic E-state index is 0.181. The quantitative estimate of drug-likeness (QED) is 0.887. The van der Waals surface area contributed by atoms with Crippen molar-refractivity contribution < 1.29 is 4.74 Å². The van der Waals surface area contributed by atoms with Gasteiger partial charge in [0.2, 0.25) is 0 Å². The van der Waals surface area contributed by atoms with Gasteiger partial charge in [0.05, 0.1) is 18.5 Å². The molecule has 1 atom stereocenters. The Morgan fingerprint density at radius 3 is 2.23 bits per heavy atom. The average Bonchev–Trinajstić information content (AvgIpc) is 2.70. The SMILES string of the molecule is C1=C(C2CCCCO2)NN(Cc2ccccc2)CN1Cc1ccccc1. The maximum absolute atomic E-state index is 6.03. The highest BCUT2D eigenvalue weighted by Crippen LogP contribution is 2.22. The van der Waals surface area contributed by atoms with E-state index in [1.807, 2.05) is 0 Å². The minimum absolute atomic E-state index is 0.181. The number of nitrogens with zero attached hydrogens (tertiary/aromatic N) is 2. The van der Waals surface area contributed by atoms with Crippen LogP contribution in [0, 0.1) is 0 Å². The van der Waals surface area contributed by atoms with E-state index in [2.05, 4.69) is 82.2 Å². The molecule has 26 heavy (non-hydrogen) atoms. The molecular formula is C22H27N3O. The Balaban J connectivity index is 1.51. The van der Waals surface area contributed by atoms with Crippen molar-refractivity contribution in [2.24, 2.45) is 0 Å². The summed E-state index contributed by atoms with van der Waals surface area (Å²) in [4.78, 5) is 2.38. The first kappa shape index (κ1) is 17.1. The Morgan fingerprint density at radius 2 is 1.58 bits per heavy atom. The van der Waals surface area contributed by atoms with Crippen molar-refractivity contribution in [1.29, 1.82) is 0 Å². The zero-order chi connectivity index (χ0) is 17.6. The predicted molar refractivity (Wildman–Crippen MR) is 104 cm³/mol. The monoisotopic (exact) mass is 349 g/mol. The van der Waals surface area contributed by atoms with Gasteiger partial charge in [-0.25, -0.2) is 0 Å². The Labute approximate surface area is 156 Å². The minimum Gasteiger partial charge on any atom is -0.372 e. The largest absolute Gasteiger partial charge is 0.372 e. The van der Waals surface area contributed by atoms with Gasteiger partial charge in [-0.05, 0) is 30.4 Å². The molecule has 2 aromatic rings. The van der Waals surface area contributed by atoms with Crippen LogP contribution in [-0.2, 0) is 17.8 Å². The normalized spacial score (nSPS) is 21.2. The molecule has 4 rings (SSSR count). The number of ether oxygens (including phenoxy) is 1. The van der Waals surface area contributed by atoms with Crippen LogP contribution in [0.25, 0.3) is 0 Å². The lowest BCUT2D eigenvalue weighted by atomic mass is 10.1. The molecule has 136 valence electrons. The fourth-order valence-electron chi connectivity index (χ4n) is 3.65. The van der Waals surface area contributed by atoms with Crippen molar-refractivity contribution in [3.05, 3.63) is 83.7 Å². The third kappa shape index (κ3) is 4.45. The molecule has 4 nitrogen and oxygen atoms in total. The fourth-order valence-corrected chi connectivity index (χ4v) is 3.65. The van der Waals surface area contributed by atoms with Gasteiger partial charge >= 0.3 is 0 Å². The number of benzene rings is 2. The van der Waals surface area contributed by atoms with E-state index >= 15 is 0 Å². The van der Waals surface area contributed by atoms with Crippen molar-refractivity contribution in [3.8, 4) is 0 Å². The summed E-state index contributed by atoms with van der Waals surface area (Å²) in [7, 11) is 0. The Bertz CT molecular complexity index is 711. The highest BCUT2D eigenvalue weighted by Gasteiger charge is 2.25. The van der Waals surface area contributed by atoms with E-state index in [1.54, 1.807) is 0 Å². The topological polar surface area (TPSA) is 27.7 Å². The molecule has 0 aliphatic carbocycles. The summed E-state index contributed by atoms with van der Waals surface area (Å²) in [5, 5.41) is 2.28. The van der Waals surface area contributed by atoms with Crippen LogP contribution in [0.3, 0.4) is 0 Å². The number of rotatable bonds is 5. The molecule has 2 heterocycles. The Kier molecular flexibility index (Phi) is 5.53. The van der Waals surface area contributed by atoms with Crippen LogP contribution < -0.4 is 5.43 Å². The molecule has 0 amide bonds. The molecule has 2 aliphatic heterocycles. The summed E-state index contributed by atoms with van der Waals surface area (Å²) >= 11 is 0. The predicted octanol–water partition coefficient (Wildman–Crippen LogP) is 3.88. The standard InChI is InChI=1S/C22H27N3O/c1-3-9-19(10-4-1)15-24-17-21(22-13-7-8-14-26-22)23-25(18-24)16-20-11-5-2-6-12-20/h1-6,9-12,17,22-23H,7-8,13-16,18H2. The summed E-state index contributed by atoms with van der Waals surface area (Å²) in [5.41, 5.74) is 7.44. The van der Waals surface area contributed by atoms with Gasteiger partial charge in [0.1, 0.15) is 0 Å². The Morgan fingerprint density at radius 1 is 0.885 bits per heavy atom. The summed E-state index contributed by atoms with van der Waals surface area (Å²) in [6.07, 6.45) is 5.94. The Hall–Kier alpha value is -2.30. The second kappa shape index (κ2) is 8.39. The highest BCUT2D eigenvalue weighted by atomic mass is 16.5. The van der Waals surface area contributed by atoms with Crippen molar-refractivity contribution in [2.45, 2.75) is 38.5 Å². The van der Waals surface area contributed by atoms with Gasteiger partial charge in [-0.3, -0.25) is 0 Å². The van der Waals surface area contributed by atoms with Gasteiger partial charge in [-0.2, -0.15) is 5.01 Å². The van der Waals surface area contributed by atoms with Crippen LogP contribution in [0.15, 0.2) is 72.6 Å². The molecule has 1 unspecified atom stereocenters. The van der Waals surface area contributed by atoms with E-state index in [4.69, 9.17) is 4.74 Å². The summed E-state index contributed by atoms with van der Waals surface area (Å²) in [6.45, 7) is 3.49. The first-order valence-corrected chi connectivity index (χ1v) is 9.54. The van der Waals surface area contributed by atoms with Crippen LogP contribution in [-0.4, -0.2) is 29.3 Å². The number of nitrogens with one attached hydrogen (secondary N) is 1. The van der Waals surface area contributed by atoms with Crippen molar-refractivity contribution in [2.75, 3.05) is 13.3 Å². The van der Waals surface area contributed by atoms with Crippen LogP contribution in [0.2, 0.25) is 0 Å². The molecule has 4 heteroatoms. The van der Waals surface area contributed by atoms with Crippen LogP contribution in [0.5, 0.6) is 0 Å². The summed E-state index contributed by atoms with van der Waals surface area (Å²) in [6, 6.07) is 21.3. The molecule has 0 bridgehead atoms. The lowest BCUT2D eigenvalue weighted by molar-refractivity contribution is 0.00798. The van der Waals surface area contributed by atoms with Gasteiger partial charge < -0.3 is 15.1 Å². The lowest BCUT2D eigenvalue weighted by Crippen LogP contribution is -2.50. The molecule has 0 saturated carbocycles. The number of hydrogen-bond acceptors (Lipinski definition) is 4. The third-order valence-corrected chi connectivity index (χ3v) is 4.93. The number of hydrogen-bond donors (Lipinski definition) is 1. The maximum Gasteiger partial charge on any atom is 0.0997 e. The zero-order valence-corrected chi connectivity index (χ0v) is 15.2. The molecule has 0 spiro atoms. The smallest absolute Gasteiger partial charge is 0.0997 e. The van der Waals surface area contributed by atoms with Gasteiger partial charge in [-0.15, -0.1) is 0 Å². The van der Waals surface area contributed by atoms with Crippen molar-refractivity contribution in [3.63, 3.8) is 0 Å². The molecule has 1 N–H and O–H groups in total. The average molecular weight is 349 g/mol. The molecule has 1 saturated heterocycles. The molecule has 0 radical (unpaired) electrons. The molecule has 2 aromatic carbocycles. The summed E-state index contributed by atoms with van der Waals surface area (Å²) < 4.78 is 6.03. The second-order valence-corrected chi connectivity index (χ2v) is 7.11. The zero-order valence-electron chi connectivity index (χ0n) is 15.2. The van der Waals surface area contributed by atoms with Gasteiger partial charge in [0, 0.05) is 25.9 Å². The molecule has 1 fully saturated rings. The van der Waals surface area contributed by atoms with E-state index < -0.39 is 0 Å². The van der Waals surface area contributed by atoms with Gasteiger partial charge in [0.15, 0.2) is 0 Å². The van der Waals surface area contributed by atoms with Crippen LogP contribution >= 0.6 is 0 Å². The summed E-state index contributed by atoms with van der Waals surface area (Å²) in [5.74, 6) is 0. The lowest BCUT2D eigenvalue weighted by Gasteiger charge is -2.39. The van der Waals surface area contributed by atoms with E-state index in [0.29, 0.717) is 0 Å². The first-order valence-electron chi connectivity index (χ1n) is 9.54. The van der Waals surface area contributed by atoms with Gasteiger partial charge in [0.25, 0.3) is 0 Å². The molecular weight excluding hydrogens is 322 g/mol. The fraction of sp³-hybridized carbons (Fsp3) is 0.364. The highest BCUT2D eigenvalue weighted by molar-refractivity contribution is 5.18. The molecule has 0 aromatic heterocycles. The third-order valence-electron chi connectivity index (χ3n) is 4.93.